The predicted molar refractivity (Wildman–Crippen MR) is 94.8 cm³/mol. The molecule has 1 saturated carbocycles. The van der Waals surface area contributed by atoms with E-state index >= 15 is 0 Å². The Morgan fingerprint density at radius 1 is 1.17 bits per heavy atom. The molecular formula is C20H26N2O. The van der Waals surface area contributed by atoms with Crippen LogP contribution in [0.2, 0.25) is 0 Å². The molecule has 122 valence electrons. The minimum absolute atomic E-state index is 0.167. The van der Waals surface area contributed by atoms with E-state index in [4.69, 9.17) is 0 Å². The van der Waals surface area contributed by atoms with Crippen LogP contribution >= 0.6 is 0 Å². The highest BCUT2D eigenvalue weighted by atomic mass is 16.2. The second-order valence-corrected chi connectivity index (χ2v) is 6.71. The monoisotopic (exact) mass is 310 g/mol. The maximum absolute atomic E-state index is 13.3. The van der Waals surface area contributed by atoms with Crippen LogP contribution in [0, 0.1) is 13.8 Å². The number of benzene rings is 1. The first-order chi connectivity index (χ1) is 11.1. The first-order valence-corrected chi connectivity index (χ1v) is 8.79. The van der Waals surface area contributed by atoms with Gasteiger partial charge in [-0.3, -0.25) is 9.78 Å². The molecule has 0 N–H and O–H groups in total. The van der Waals surface area contributed by atoms with Crippen molar-refractivity contribution >= 4 is 16.8 Å². The van der Waals surface area contributed by atoms with E-state index in [1.807, 2.05) is 19.1 Å². The molecule has 23 heavy (non-hydrogen) atoms. The summed E-state index contributed by atoms with van der Waals surface area (Å²) in [7, 11) is 0. The molecule has 1 aromatic heterocycles. The first kappa shape index (κ1) is 16.0. The van der Waals surface area contributed by atoms with Gasteiger partial charge in [-0.2, -0.15) is 0 Å². The number of aromatic nitrogens is 1. The number of nitrogens with zero attached hydrogens (tertiary/aromatic N) is 2. The van der Waals surface area contributed by atoms with Gasteiger partial charge in [0.05, 0.1) is 11.1 Å². The lowest BCUT2D eigenvalue weighted by Gasteiger charge is -2.34. The zero-order valence-electron chi connectivity index (χ0n) is 14.4. The average Bonchev–Trinajstić information content (AvgIpc) is 2.56. The fourth-order valence-electron chi connectivity index (χ4n) is 3.76. The van der Waals surface area contributed by atoms with Gasteiger partial charge in [0, 0.05) is 23.7 Å². The molecule has 3 rings (SSSR count). The van der Waals surface area contributed by atoms with Gasteiger partial charge in [0.2, 0.25) is 0 Å². The Hall–Kier alpha value is -1.90. The van der Waals surface area contributed by atoms with Crippen molar-refractivity contribution in [2.75, 3.05) is 6.54 Å². The van der Waals surface area contributed by atoms with Gasteiger partial charge in [0.15, 0.2) is 0 Å². The molecule has 1 amide bonds. The number of fused-ring (bicyclic) bond motifs is 1. The van der Waals surface area contributed by atoms with Crippen LogP contribution in [0.15, 0.2) is 24.3 Å². The molecule has 3 heteroatoms. The summed E-state index contributed by atoms with van der Waals surface area (Å²) >= 11 is 0. The summed E-state index contributed by atoms with van der Waals surface area (Å²) in [6.45, 7) is 6.89. The van der Waals surface area contributed by atoms with Crippen LogP contribution in [0.4, 0.5) is 0 Å². The van der Waals surface area contributed by atoms with Crippen LogP contribution in [0.25, 0.3) is 10.9 Å². The Morgan fingerprint density at radius 3 is 2.61 bits per heavy atom. The standard InChI is InChI=1S/C20H26N2O/c1-4-22(16-8-6-5-7-9-16)20(23)18-13-15(3)21-19-11-10-14(2)12-17(18)19/h10-13,16H,4-9H2,1-3H3. The van der Waals surface area contributed by atoms with Crippen LogP contribution in [0.5, 0.6) is 0 Å². The molecule has 1 heterocycles. The number of aryl methyl sites for hydroxylation is 2. The van der Waals surface area contributed by atoms with Gasteiger partial charge < -0.3 is 4.90 Å². The number of hydrogen-bond acceptors (Lipinski definition) is 2. The zero-order valence-corrected chi connectivity index (χ0v) is 14.4. The van der Waals surface area contributed by atoms with E-state index in [1.54, 1.807) is 0 Å². The third kappa shape index (κ3) is 3.24. The molecule has 0 radical (unpaired) electrons. The fourth-order valence-corrected chi connectivity index (χ4v) is 3.76. The molecule has 0 bridgehead atoms. The molecule has 0 saturated heterocycles. The molecule has 1 fully saturated rings. The van der Waals surface area contributed by atoms with Crippen molar-refractivity contribution < 1.29 is 4.79 Å². The molecule has 1 aliphatic rings. The van der Waals surface area contributed by atoms with Crippen LogP contribution in [-0.4, -0.2) is 28.4 Å². The predicted octanol–water partition coefficient (Wildman–Crippen LogP) is 4.65. The lowest BCUT2D eigenvalue weighted by molar-refractivity contribution is 0.0650. The molecule has 2 aromatic rings. The molecule has 0 atom stereocenters. The Morgan fingerprint density at radius 2 is 1.91 bits per heavy atom. The summed E-state index contributed by atoms with van der Waals surface area (Å²) in [5, 5.41) is 0.981. The van der Waals surface area contributed by atoms with Crippen molar-refractivity contribution in [2.24, 2.45) is 0 Å². The van der Waals surface area contributed by atoms with E-state index in [9.17, 15) is 4.79 Å². The number of amides is 1. The third-order valence-electron chi connectivity index (χ3n) is 4.94. The zero-order chi connectivity index (χ0) is 16.4. The van der Waals surface area contributed by atoms with E-state index in [1.165, 1.54) is 19.3 Å². The van der Waals surface area contributed by atoms with Crippen LogP contribution in [0.1, 0.15) is 60.6 Å². The Labute approximate surface area is 138 Å². The number of pyridine rings is 1. The number of carbonyl (C=O) groups excluding carboxylic acids is 1. The highest BCUT2D eigenvalue weighted by Crippen LogP contribution is 2.26. The van der Waals surface area contributed by atoms with E-state index in [0.29, 0.717) is 6.04 Å². The minimum atomic E-state index is 0.167. The maximum atomic E-state index is 13.3. The van der Waals surface area contributed by atoms with Gasteiger partial charge in [-0.1, -0.05) is 30.9 Å². The third-order valence-corrected chi connectivity index (χ3v) is 4.94. The second-order valence-electron chi connectivity index (χ2n) is 6.71. The lowest BCUT2D eigenvalue weighted by Crippen LogP contribution is -2.41. The smallest absolute Gasteiger partial charge is 0.254 e. The van der Waals surface area contributed by atoms with Gasteiger partial charge >= 0.3 is 0 Å². The van der Waals surface area contributed by atoms with Gasteiger partial charge in [0.1, 0.15) is 0 Å². The van der Waals surface area contributed by atoms with Crippen LogP contribution in [-0.2, 0) is 0 Å². The van der Waals surface area contributed by atoms with Gasteiger partial charge in [-0.15, -0.1) is 0 Å². The fraction of sp³-hybridized carbons (Fsp3) is 0.500. The molecule has 3 nitrogen and oxygen atoms in total. The maximum Gasteiger partial charge on any atom is 0.254 e. The van der Waals surface area contributed by atoms with Crippen LogP contribution in [0.3, 0.4) is 0 Å². The normalized spacial score (nSPS) is 15.8. The molecule has 1 aliphatic carbocycles. The van der Waals surface area contributed by atoms with Gasteiger partial charge in [-0.25, -0.2) is 0 Å². The van der Waals surface area contributed by atoms with Crippen molar-refractivity contribution in [3.63, 3.8) is 0 Å². The molecule has 1 aromatic carbocycles. The minimum Gasteiger partial charge on any atom is -0.336 e. The second kappa shape index (κ2) is 6.69. The molecular weight excluding hydrogens is 284 g/mol. The number of hydrogen-bond donors (Lipinski definition) is 0. The highest BCUT2D eigenvalue weighted by molar-refractivity contribution is 6.06. The van der Waals surface area contributed by atoms with E-state index < -0.39 is 0 Å². The van der Waals surface area contributed by atoms with E-state index in [0.717, 1.165) is 47.1 Å². The summed E-state index contributed by atoms with van der Waals surface area (Å²) in [5.74, 6) is 0.167. The first-order valence-electron chi connectivity index (χ1n) is 8.79. The molecule has 0 aliphatic heterocycles. The van der Waals surface area contributed by atoms with E-state index in [-0.39, 0.29) is 5.91 Å². The lowest BCUT2D eigenvalue weighted by atomic mass is 9.93. The summed E-state index contributed by atoms with van der Waals surface area (Å²) in [4.78, 5) is 19.9. The van der Waals surface area contributed by atoms with E-state index in [2.05, 4.69) is 35.9 Å². The largest absolute Gasteiger partial charge is 0.336 e. The van der Waals surface area contributed by atoms with Gasteiger partial charge in [0.25, 0.3) is 5.91 Å². The SMILES string of the molecule is CCN(C(=O)c1cc(C)nc2ccc(C)cc12)C1CCCCC1. The summed E-state index contributed by atoms with van der Waals surface area (Å²) in [6, 6.07) is 8.52. The average molecular weight is 310 g/mol. The molecule has 0 spiro atoms. The van der Waals surface area contributed by atoms with Gasteiger partial charge in [-0.05, 0) is 51.8 Å². The summed E-state index contributed by atoms with van der Waals surface area (Å²) in [5.41, 5.74) is 3.80. The summed E-state index contributed by atoms with van der Waals surface area (Å²) in [6.07, 6.45) is 6.06. The quantitative estimate of drug-likeness (QED) is 0.827. The van der Waals surface area contributed by atoms with Crippen molar-refractivity contribution in [3.05, 3.63) is 41.1 Å². The topological polar surface area (TPSA) is 33.2 Å². The number of rotatable bonds is 3. The van der Waals surface area contributed by atoms with Crippen molar-refractivity contribution in [3.8, 4) is 0 Å². The highest BCUT2D eigenvalue weighted by Gasteiger charge is 2.26. The Kier molecular flexibility index (Phi) is 4.65. The summed E-state index contributed by atoms with van der Waals surface area (Å²) < 4.78 is 0. The molecule has 0 unspecified atom stereocenters. The van der Waals surface area contributed by atoms with Crippen molar-refractivity contribution in [1.29, 1.82) is 0 Å². The Bertz CT molecular complexity index is 717. The van der Waals surface area contributed by atoms with Crippen molar-refractivity contribution in [1.82, 2.24) is 9.88 Å². The van der Waals surface area contributed by atoms with Crippen LogP contribution < -0.4 is 0 Å². The van der Waals surface area contributed by atoms with Crippen molar-refractivity contribution in [2.45, 2.75) is 58.9 Å². The number of carbonyl (C=O) groups is 1. The Balaban J connectivity index is 2.03.